The van der Waals surface area contributed by atoms with Gasteiger partial charge >= 0.3 is 5.97 Å². The minimum absolute atomic E-state index is 0.0320. The van der Waals surface area contributed by atoms with Gasteiger partial charge in [-0.2, -0.15) is 16.8 Å². The number of hydrogen-bond donors (Lipinski definition) is 6. The summed E-state index contributed by atoms with van der Waals surface area (Å²) in [4.78, 5) is 13.4. The van der Waals surface area contributed by atoms with Crippen LogP contribution >= 0.6 is 0 Å². The molecule has 0 fully saturated rings. The van der Waals surface area contributed by atoms with E-state index < -0.39 is 62.2 Å². The summed E-state index contributed by atoms with van der Waals surface area (Å²) in [5.74, 6) is -2.22. The number of nitrogens with zero attached hydrogens (tertiary/aromatic N) is 1. The molecule has 214 valence electrons. The molecule has 4 aromatic rings. The van der Waals surface area contributed by atoms with Crippen molar-refractivity contribution in [2.75, 3.05) is 10.5 Å². The Balaban J connectivity index is 1.76. The number of nitrogens with two attached hydrogens (primary N) is 1. The van der Waals surface area contributed by atoms with Crippen LogP contribution in [-0.2, 0) is 30.3 Å². The number of rotatable bonds is 8. The highest BCUT2D eigenvalue weighted by Gasteiger charge is 2.23. The van der Waals surface area contributed by atoms with E-state index in [0.717, 1.165) is 60.8 Å². The summed E-state index contributed by atoms with van der Waals surface area (Å²) >= 11 is 0. The Labute approximate surface area is 233 Å². The van der Waals surface area contributed by atoms with Crippen LogP contribution < -0.4 is 10.5 Å². The Bertz CT molecular complexity index is 2090. The summed E-state index contributed by atoms with van der Waals surface area (Å²) in [5.41, 5.74) is 4.25. The number of carboxylic acids is 1. The highest BCUT2D eigenvalue weighted by atomic mass is 32.2. The van der Waals surface area contributed by atoms with Gasteiger partial charge in [0.15, 0.2) is 5.75 Å². The first-order valence-electron chi connectivity index (χ1n) is 11.0. The molecule has 0 atom stereocenters. The summed E-state index contributed by atoms with van der Waals surface area (Å²) < 4.78 is 95.5. The number of pyridine rings is 1. The molecule has 1 aromatic heterocycles. The van der Waals surface area contributed by atoms with Gasteiger partial charge in [-0.1, -0.05) is 30.4 Å². The lowest BCUT2D eigenvalue weighted by Crippen LogP contribution is -2.14. The van der Waals surface area contributed by atoms with Crippen LogP contribution in [0.4, 0.5) is 11.4 Å². The molecule has 3 aromatic carbocycles. The standard InChI is InChI=1S/C24H19N3O11S3/c25-15-5-3-13(20(11-15)40(33,34)35)1-2-14-4-6-16(12-21(14)41(36,37)38)27-39(31,32)19-9-10-26-22-17(19)7-8-18(23(22)28)24(29)30/h1-12,27-28H,25H2,(H,29,30)(H,33,34,35)(H,36,37,38). The zero-order valence-corrected chi connectivity index (χ0v) is 22.8. The number of aromatic nitrogens is 1. The molecule has 0 saturated heterocycles. The lowest BCUT2D eigenvalue weighted by Gasteiger charge is -2.13. The largest absolute Gasteiger partial charge is 0.505 e. The molecule has 0 radical (unpaired) electrons. The second-order valence-corrected chi connectivity index (χ2v) is 12.8. The topological polar surface area (TPSA) is 251 Å². The van der Waals surface area contributed by atoms with Crippen molar-refractivity contribution in [3.05, 3.63) is 77.5 Å². The van der Waals surface area contributed by atoms with Crippen molar-refractivity contribution in [1.82, 2.24) is 4.98 Å². The normalized spacial score (nSPS) is 12.5. The monoisotopic (exact) mass is 621 g/mol. The summed E-state index contributed by atoms with van der Waals surface area (Å²) in [6.07, 6.45) is 3.27. The van der Waals surface area contributed by atoms with E-state index in [0.29, 0.717) is 0 Å². The van der Waals surface area contributed by atoms with Gasteiger partial charge in [-0.25, -0.2) is 13.2 Å². The van der Waals surface area contributed by atoms with Gasteiger partial charge in [0.25, 0.3) is 30.3 Å². The summed E-state index contributed by atoms with van der Waals surface area (Å²) in [7, 11) is -14.1. The summed E-state index contributed by atoms with van der Waals surface area (Å²) in [6.45, 7) is 0. The zero-order chi connectivity index (χ0) is 30.3. The van der Waals surface area contributed by atoms with Crippen LogP contribution in [0.25, 0.3) is 23.1 Å². The number of aromatic carboxylic acids is 1. The smallest absolute Gasteiger partial charge is 0.339 e. The third-order valence-corrected chi connectivity index (χ3v) is 8.93. The molecule has 0 amide bonds. The van der Waals surface area contributed by atoms with E-state index in [2.05, 4.69) is 9.71 Å². The Morgan fingerprint density at radius 2 is 1.39 bits per heavy atom. The van der Waals surface area contributed by atoms with E-state index >= 15 is 0 Å². The van der Waals surface area contributed by atoms with Crippen LogP contribution in [0.15, 0.2) is 75.5 Å². The molecule has 0 aliphatic carbocycles. The molecule has 14 nitrogen and oxygen atoms in total. The van der Waals surface area contributed by atoms with Gasteiger partial charge in [0, 0.05) is 17.3 Å². The van der Waals surface area contributed by atoms with E-state index in [1.54, 1.807) is 0 Å². The average molecular weight is 622 g/mol. The maximum atomic E-state index is 13.2. The molecule has 0 spiro atoms. The van der Waals surface area contributed by atoms with Crippen molar-refractivity contribution in [3.63, 3.8) is 0 Å². The molecule has 0 bridgehead atoms. The quantitative estimate of drug-likeness (QED) is 0.0941. The van der Waals surface area contributed by atoms with Gasteiger partial charge in [-0.3, -0.25) is 18.8 Å². The first-order chi connectivity index (χ1) is 19.0. The molecule has 0 aliphatic rings. The number of carbonyl (C=O) groups is 1. The van der Waals surface area contributed by atoms with E-state index in [-0.39, 0.29) is 33.4 Å². The van der Waals surface area contributed by atoms with Crippen LogP contribution in [0, 0.1) is 0 Å². The first-order valence-corrected chi connectivity index (χ1v) is 15.4. The Morgan fingerprint density at radius 3 is 1.98 bits per heavy atom. The molecule has 0 unspecified atom stereocenters. The number of phenols is 1. The third kappa shape index (κ3) is 6.13. The van der Waals surface area contributed by atoms with Crippen LogP contribution in [0.3, 0.4) is 0 Å². The van der Waals surface area contributed by atoms with Crippen molar-refractivity contribution >= 4 is 70.7 Å². The molecule has 17 heteroatoms. The van der Waals surface area contributed by atoms with E-state index in [1.807, 2.05) is 0 Å². The molecule has 0 aliphatic heterocycles. The van der Waals surface area contributed by atoms with Gasteiger partial charge in [0.05, 0.1) is 10.6 Å². The lowest BCUT2D eigenvalue weighted by atomic mass is 10.1. The second-order valence-electron chi connectivity index (χ2n) is 8.41. The predicted molar refractivity (Wildman–Crippen MR) is 147 cm³/mol. The Kier molecular flexibility index (Phi) is 7.50. The lowest BCUT2D eigenvalue weighted by molar-refractivity contribution is 0.0694. The van der Waals surface area contributed by atoms with Crippen LogP contribution in [-0.4, -0.2) is 55.5 Å². The number of carboxylic acid groups (broad SMARTS) is 1. The van der Waals surface area contributed by atoms with Gasteiger partial charge in [-0.05, 0) is 47.5 Å². The van der Waals surface area contributed by atoms with Crippen LogP contribution in [0.2, 0.25) is 0 Å². The number of aromatic hydroxyl groups is 1. The van der Waals surface area contributed by atoms with Crippen molar-refractivity contribution in [1.29, 1.82) is 0 Å². The molecular weight excluding hydrogens is 602 g/mol. The van der Waals surface area contributed by atoms with E-state index in [1.165, 1.54) is 12.1 Å². The average Bonchev–Trinajstić information content (AvgIpc) is 2.87. The highest BCUT2D eigenvalue weighted by Crippen LogP contribution is 2.32. The number of benzene rings is 3. The second kappa shape index (κ2) is 10.5. The van der Waals surface area contributed by atoms with E-state index in [4.69, 9.17) is 5.73 Å². The molecular formula is C24H19N3O11S3. The van der Waals surface area contributed by atoms with Crippen LogP contribution in [0.1, 0.15) is 21.5 Å². The minimum atomic E-state index is -4.95. The summed E-state index contributed by atoms with van der Waals surface area (Å²) in [6, 6.07) is 9.86. The fraction of sp³-hybridized carbons (Fsp3) is 0. The number of nitrogen functional groups attached to an aromatic ring is 1. The predicted octanol–water partition coefficient (Wildman–Crippen LogP) is 2.69. The van der Waals surface area contributed by atoms with Crippen molar-refractivity contribution < 1.29 is 49.4 Å². The molecule has 7 N–H and O–H groups in total. The fourth-order valence-corrected chi connectivity index (χ4v) is 6.52. The molecule has 41 heavy (non-hydrogen) atoms. The zero-order valence-electron chi connectivity index (χ0n) is 20.3. The summed E-state index contributed by atoms with van der Waals surface area (Å²) in [5, 5.41) is 19.3. The fourth-order valence-electron chi connectivity index (χ4n) is 3.85. The maximum absolute atomic E-state index is 13.2. The van der Waals surface area contributed by atoms with Crippen molar-refractivity contribution in [2.45, 2.75) is 14.7 Å². The molecule has 1 heterocycles. The van der Waals surface area contributed by atoms with Gasteiger partial charge in [-0.15, -0.1) is 0 Å². The number of sulfonamides is 1. The number of nitrogens with one attached hydrogen (secondary N) is 1. The van der Waals surface area contributed by atoms with Crippen LogP contribution in [0.5, 0.6) is 5.75 Å². The number of fused-ring (bicyclic) bond motifs is 1. The number of hydrogen-bond acceptors (Lipinski definition) is 10. The van der Waals surface area contributed by atoms with Crippen molar-refractivity contribution in [2.24, 2.45) is 0 Å². The molecule has 0 saturated carbocycles. The Hall–Kier alpha value is -4.55. The molecule has 4 rings (SSSR count). The Morgan fingerprint density at radius 1 is 0.805 bits per heavy atom. The van der Waals surface area contributed by atoms with Gasteiger partial charge < -0.3 is 15.9 Å². The third-order valence-electron chi connectivity index (χ3n) is 5.67. The number of anilines is 2. The maximum Gasteiger partial charge on any atom is 0.339 e. The van der Waals surface area contributed by atoms with Gasteiger partial charge in [0.2, 0.25) is 0 Å². The first kappa shape index (κ1) is 29.4. The minimum Gasteiger partial charge on any atom is -0.505 e. The van der Waals surface area contributed by atoms with E-state index in [9.17, 15) is 49.4 Å². The van der Waals surface area contributed by atoms with Crippen molar-refractivity contribution in [3.8, 4) is 5.75 Å². The SMILES string of the molecule is Nc1ccc(C=Cc2ccc(NS(=O)(=O)c3ccnc4c(O)c(C(=O)O)ccc34)cc2S(=O)(=O)O)c(S(=O)(=O)O)c1. The van der Waals surface area contributed by atoms with Gasteiger partial charge in [0.1, 0.15) is 20.9 Å². The highest BCUT2D eigenvalue weighted by molar-refractivity contribution is 7.93.